The highest BCUT2D eigenvalue weighted by Gasteiger charge is 2.32. The third kappa shape index (κ3) is 2.09. The molecule has 2 aromatic carbocycles. The maximum absolute atomic E-state index is 12.9. The second kappa shape index (κ2) is 4.98. The van der Waals surface area contributed by atoms with Crippen LogP contribution < -0.4 is 14.4 Å². The van der Waals surface area contributed by atoms with Crippen LogP contribution in [0.15, 0.2) is 36.4 Å². The van der Waals surface area contributed by atoms with Crippen LogP contribution in [0.5, 0.6) is 11.5 Å². The molecule has 116 valence electrons. The van der Waals surface area contributed by atoms with Gasteiger partial charge in [-0.1, -0.05) is 18.2 Å². The molecule has 2 heterocycles. The minimum absolute atomic E-state index is 0.00329. The van der Waals surface area contributed by atoms with Crippen LogP contribution in [0.25, 0.3) is 0 Å². The molecule has 0 N–H and O–H groups in total. The van der Waals surface area contributed by atoms with Crippen molar-refractivity contribution >= 4 is 17.3 Å². The van der Waals surface area contributed by atoms with Crippen molar-refractivity contribution in [3.63, 3.8) is 0 Å². The van der Waals surface area contributed by atoms with Gasteiger partial charge < -0.3 is 14.4 Å². The van der Waals surface area contributed by atoms with E-state index in [0.29, 0.717) is 12.3 Å². The maximum atomic E-state index is 12.9. The molecule has 0 bridgehead atoms. The summed E-state index contributed by atoms with van der Waals surface area (Å²) >= 11 is 0. The summed E-state index contributed by atoms with van der Waals surface area (Å²) in [6.45, 7) is 0.500. The summed E-state index contributed by atoms with van der Waals surface area (Å²) in [5, 5.41) is 11.3. The number of carbonyl (C=O) groups is 1. The van der Waals surface area contributed by atoms with Crippen molar-refractivity contribution in [3.05, 3.63) is 57.6 Å². The monoisotopic (exact) mass is 312 g/mol. The number of amides is 1. The number of ether oxygens (including phenoxy) is 2. The van der Waals surface area contributed by atoms with Crippen molar-refractivity contribution in [2.24, 2.45) is 0 Å². The number of fused-ring (bicyclic) bond motifs is 2. The number of hydrogen-bond donors (Lipinski definition) is 0. The number of benzene rings is 2. The van der Waals surface area contributed by atoms with E-state index in [4.69, 9.17) is 9.47 Å². The molecule has 7 nitrogen and oxygen atoms in total. The predicted octanol–water partition coefficient (Wildman–Crippen LogP) is 2.53. The standard InChI is InChI=1S/C16H12N2O5/c19-16(17-6-5-10-3-1-2-4-12(10)17)11-7-14-15(23-9-22-14)8-13(11)18(20)21/h1-4,7-8H,5-6,9H2. The molecule has 1 amide bonds. The van der Waals surface area contributed by atoms with Crippen LogP contribution >= 0.6 is 0 Å². The van der Waals surface area contributed by atoms with Gasteiger partial charge in [0, 0.05) is 18.3 Å². The average Bonchev–Trinajstić information content (AvgIpc) is 3.19. The second-order valence-corrected chi connectivity index (χ2v) is 5.32. The van der Waals surface area contributed by atoms with Crippen molar-refractivity contribution < 1.29 is 19.2 Å². The van der Waals surface area contributed by atoms with E-state index in [1.807, 2.05) is 24.3 Å². The Morgan fingerprint density at radius 1 is 1.17 bits per heavy atom. The lowest BCUT2D eigenvalue weighted by atomic mass is 10.1. The Labute approximate surface area is 131 Å². The van der Waals surface area contributed by atoms with E-state index in [9.17, 15) is 14.9 Å². The van der Waals surface area contributed by atoms with Gasteiger partial charge >= 0.3 is 0 Å². The molecule has 0 aliphatic carbocycles. The van der Waals surface area contributed by atoms with Crippen molar-refractivity contribution in [3.8, 4) is 11.5 Å². The summed E-state index contributed by atoms with van der Waals surface area (Å²) in [6, 6.07) is 10.2. The normalized spacial score (nSPS) is 14.7. The smallest absolute Gasteiger partial charge is 0.286 e. The fourth-order valence-corrected chi connectivity index (χ4v) is 2.95. The van der Waals surface area contributed by atoms with E-state index in [0.717, 1.165) is 17.7 Å². The molecule has 2 aliphatic heterocycles. The van der Waals surface area contributed by atoms with Gasteiger partial charge in [-0.2, -0.15) is 0 Å². The third-order valence-electron chi connectivity index (χ3n) is 4.05. The van der Waals surface area contributed by atoms with Crippen LogP contribution in [0.2, 0.25) is 0 Å². The van der Waals surface area contributed by atoms with Gasteiger partial charge in [-0.3, -0.25) is 14.9 Å². The Hall–Kier alpha value is -3.09. The molecule has 7 heteroatoms. The van der Waals surface area contributed by atoms with E-state index in [2.05, 4.69) is 0 Å². The molecular formula is C16H12N2O5. The van der Waals surface area contributed by atoms with E-state index < -0.39 is 10.8 Å². The molecule has 2 aliphatic rings. The molecule has 0 saturated carbocycles. The molecule has 2 aromatic rings. The number of anilines is 1. The van der Waals surface area contributed by atoms with Crippen LogP contribution in [-0.2, 0) is 6.42 Å². The SMILES string of the molecule is O=C(c1cc2c(cc1[N+](=O)[O-])OCO2)N1CCc2ccccc21. The van der Waals surface area contributed by atoms with Crippen LogP contribution in [0, 0.1) is 10.1 Å². The summed E-state index contributed by atoms with van der Waals surface area (Å²) in [4.78, 5) is 25.2. The first-order chi connectivity index (χ1) is 11.1. The summed E-state index contributed by atoms with van der Waals surface area (Å²) in [6.07, 6.45) is 0.736. The van der Waals surface area contributed by atoms with E-state index >= 15 is 0 Å². The minimum Gasteiger partial charge on any atom is -0.454 e. The molecular weight excluding hydrogens is 300 g/mol. The van der Waals surface area contributed by atoms with Gasteiger partial charge in [0.2, 0.25) is 6.79 Å². The summed E-state index contributed by atoms with van der Waals surface area (Å²) in [5.41, 5.74) is 1.59. The predicted molar refractivity (Wildman–Crippen MR) is 81.0 cm³/mol. The molecule has 23 heavy (non-hydrogen) atoms. The fourth-order valence-electron chi connectivity index (χ4n) is 2.95. The first-order valence-corrected chi connectivity index (χ1v) is 7.13. The highest BCUT2D eigenvalue weighted by Crippen LogP contribution is 2.39. The Bertz CT molecular complexity index is 833. The van der Waals surface area contributed by atoms with Crippen LogP contribution in [-0.4, -0.2) is 24.2 Å². The number of hydrogen-bond acceptors (Lipinski definition) is 5. The lowest BCUT2D eigenvalue weighted by molar-refractivity contribution is -0.385. The summed E-state index contributed by atoms with van der Waals surface area (Å²) < 4.78 is 10.4. The number of nitrogens with zero attached hydrogens (tertiary/aromatic N) is 2. The molecule has 0 atom stereocenters. The van der Waals surface area contributed by atoms with Crippen molar-refractivity contribution in [2.45, 2.75) is 6.42 Å². The minimum atomic E-state index is -0.572. The highest BCUT2D eigenvalue weighted by atomic mass is 16.7. The number of nitro groups is 1. The fraction of sp³-hybridized carbons (Fsp3) is 0.188. The molecule has 0 aromatic heterocycles. The van der Waals surface area contributed by atoms with E-state index in [1.54, 1.807) is 4.90 Å². The van der Waals surface area contributed by atoms with Crippen molar-refractivity contribution in [2.75, 3.05) is 18.2 Å². The largest absolute Gasteiger partial charge is 0.454 e. The topological polar surface area (TPSA) is 81.9 Å². The zero-order valence-corrected chi connectivity index (χ0v) is 12.0. The summed E-state index contributed by atoms with van der Waals surface area (Å²) in [5.74, 6) is 0.237. The second-order valence-electron chi connectivity index (χ2n) is 5.32. The van der Waals surface area contributed by atoms with Gasteiger partial charge in [0.05, 0.1) is 11.0 Å². The van der Waals surface area contributed by atoms with Crippen LogP contribution in [0.1, 0.15) is 15.9 Å². The number of para-hydroxylation sites is 1. The zero-order chi connectivity index (χ0) is 16.0. The molecule has 0 fully saturated rings. The van der Waals surface area contributed by atoms with Gasteiger partial charge in [-0.15, -0.1) is 0 Å². The number of nitro benzene ring substituents is 1. The molecule has 0 saturated heterocycles. The first kappa shape index (κ1) is 13.6. The quantitative estimate of drug-likeness (QED) is 0.628. The lowest BCUT2D eigenvalue weighted by Crippen LogP contribution is -2.29. The van der Waals surface area contributed by atoms with Crippen LogP contribution in [0.3, 0.4) is 0 Å². The van der Waals surface area contributed by atoms with Crippen molar-refractivity contribution in [1.82, 2.24) is 0 Å². The molecule has 4 rings (SSSR count). The Morgan fingerprint density at radius 3 is 2.70 bits per heavy atom. The zero-order valence-electron chi connectivity index (χ0n) is 12.0. The molecule has 0 unspecified atom stereocenters. The lowest BCUT2D eigenvalue weighted by Gasteiger charge is -2.17. The average molecular weight is 312 g/mol. The van der Waals surface area contributed by atoms with Gasteiger partial charge in [0.1, 0.15) is 5.56 Å². The van der Waals surface area contributed by atoms with E-state index in [1.165, 1.54) is 12.1 Å². The van der Waals surface area contributed by atoms with Crippen molar-refractivity contribution in [1.29, 1.82) is 0 Å². The summed E-state index contributed by atoms with van der Waals surface area (Å²) in [7, 11) is 0. The Kier molecular flexibility index (Phi) is 2.94. The third-order valence-corrected chi connectivity index (χ3v) is 4.05. The number of carbonyl (C=O) groups excluding carboxylic acids is 1. The van der Waals surface area contributed by atoms with Gasteiger partial charge in [0.15, 0.2) is 11.5 Å². The van der Waals surface area contributed by atoms with E-state index in [-0.39, 0.29) is 23.8 Å². The molecule has 0 radical (unpaired) electrons. The first-order valence-electron chi connectivity index (χ1n) is 7.13. The van der Waals surface area contributed by atoms with Crippen LogP contribution in [0.4, 0.5) is 11.4 Å². The van der Waals surface area contributed by atoms with Gasteiger partial charge in [-0.05, 0) is 18.1 Å². The Balaban J connectivity index is 1.79. The highest BCUT2D eigenvalue weighted by molar-refractivity contribution is 6.10. The van der Waals surface area contributed by atoms with Gasteiger partial charge in [-0.25, -0.2) is 0 Å². The Morgan fingerprint density at radius 2 is 1.91 bits per heavy atom. The maximum Gasteiger partial charge on any atom is 0.286 e. The van der Waals surface area contributed by atoms with Gasteiger partial charge in [0.25, 0.3) is 11.6 Å². The number of rotatable bonds is 2. The molecule has 0 spiro atoms.